The Labute approximate surface area is 357 Å². The molecule has 0 aliphatic heterocycles. The molecule has 1 aromatic heterocycles. The molecule has 0 saturated carbocycles. The lowest BCUT2D eigenvalue weighted by Crippen LogP contribution is -2.20. The third kappa shape index (κ3) is 9.52. The maximum atomic E-state index is 6.74. The van der Waals surface area contributed by atoms with Gasteiger partial charge in [0, 0.05) is 56.0 Å². The van der Waals surface area contributed by atoms with E-state index in [1.54, 1.807) is 6.08 Å². The highest BCUT2D eigenvalue weighted by molar-refractivity contribution is 7.79. The van der Waals surface area contributed by atoms with Crippen LogP contribution in [0.4, 0.5) is 5.69 Å². The summed E-state index contributed by atoms with van der Waals surface area (Å²) in [6, 6.07) is 57.2. The van der Waals surface area contributed by atoms with Crippen LogP contribution in [0.2, 0.25) is 0 Å². The van der Waals surface area contributed by atoms with Gasteiger partial charge in [-0.2, -0.15) is 0 Å². The van der Waals surface area contributed by atoms with E-state index in [-0.39, 0.29) is 6.04 Å². The summed E-state index contributed by atoms with van der Waals surface area (Å²) in [5.74, 6) is 0. The topological polar surface area (TPSA) is 29.3 Å². The van der Waals surface area contributed by atoms with Crippen LogP contribution >= 0.6 is 19.3 Å². The third-order valence-corrected chi connectivity index (χ3v) is 14.0. The highest BCUT2D eigenvalue weighted by Crippen LogP contribution is 2.45. The number of anilines is 1. The van der Waals surface area contributed by atoms with Crippen molar-refractivity contribution >= 4 is 77.5 Å². The summed E-state index contributed by atoms with van der Waals surface area (Å²) in [6.07, 6.45) is 4.95. The lowest BCUT2D eigenvalue weighted by Gasteiger charge is -2.30. The van der Waals surface area contributed by atoms with Gasteiger partial charge >= 0.3 is 0 Å². The molecule has 0 bridgehead atoms. The van der Waals surface area contributed by atoms with E-state index >= 15 is 0 Å². The largest absolute Gasteiger partial charge is 0.398 e. The summed E-state index contributed by atoms with van der Waals surface area (Å²) in [7, 11) is 1.49. The summed E-state index contributed by atoms with van der Waals surface area (Å²) >= 11 is 1.84. The zero-order chi connectivity index (χ0) is 41.9. The van der Waals surface area contributed by atoms with E-state index in [4.69, 9.17) is 5.73 Å². The Kier molecular flexibility index (Phi) is 14.6. The van der Waals surface area contributed by atoms with E-state index in [2.05, 4.69) is 196 Å². The molecule has 296 valence electrons. The van der Waals surface area contributed by atoms with Gasteiger partial charge < -0.3 is 10.6 Å². The molecular formula is C55H55N2PS. The van der Waals surface area contributed by atoms with Crippen molar-refractivity contribution in [1.82, 2.24) is 4.90 Å². The highest BCUT2D eigenvalue weighted by Gasteiger charge is 2.21. The maximum Gasteiger partial charge on any atom is 0.0511 e. The number of hydrogen-bond acceptors (Lipinski definition) is 3. The van der Waals surface area contributed by atoms with Crippen molar-refractivity contribution in [3.63, 3.8) is 0 Å². The minimum absolute atomic E-state index is 0.164. The van der Waals surface area contributed by atoms with Crippen LogP contribution in [0.25, 0.3) is 47.8 Å². The van der Waals surface area contributed by atoms with Gasteiger partial charge in [0.15, 0.2) is 0 Å². The molecule has 7 aromatic carbocycles. The molecule has 1 aliphatic carbocycles. The third-order valence-electron chi connectivity index (χ3n) is 10.5. The van der Waals surface area contributed by atoms with Crippen molar-refractivity contribution in [3.05, 3.63) is 205 Å². The number of benzene rings is 7. The van der Waals surface area contributed by atoms with Crippen LogP contribution in [0, 0.1) is 0 Å². The van der Waals surface area contributed by atoms with Crippen molar-refractivity contribution in [3.8, 4) is 11.1 Å². The number of nitrogens with two attached hydrogens (primary N) is 1. The van der Waals surface area contributed by atoms with Gasteiger partial charge in [-0.15, -0.1) is 23.6 Å². The van der Waals surface area contributed by atoms with Gasteiger partial charge in [-0.3, -0.25) is 0 Å². The van der Waals surface area contributed by atoms with Gasteiger partial charge in [0.2, 0.25) is 0 Å². The van der Waals surface area contributed by atoms with Gasteiger partial charge in [0.1, 0.15) is 0 Å². The second-order valence-corrected chi connectivity index (χ2v) is 17.6. The normalized spacial score (nSPS) is 11.9. The molecule has 8 aromatic rings. The fraction of sp³-hybridized carbons (Fsp3) is 0.145. The minimum atomic E-state index is -0.639. The average molecular weight is 807 g/mol. The Morgan fingerprint density at radius 1 is 0.712 bits per heavy atom. The first-order chi connectivity index (χ1) is 28.8. The molecule has 0 spiro atoms. The lowest BCUT2D eigenvalue weighted by atomic mass is 9.95. The molecule has 1 aliphatic rings. The monoisotopic (exact) mass is 806 g/mol. The summed E-state index contributed by atoms with van der Waals surface area (Å²) in [5.41, 5.74) is 17.6. The molecule has 1 unspecified atom stereocenters. The quantitative estimate of drug-likeness (QED) is 0.0717. The van der Waals surface area contributed by atoms with E-state index in [0.29, 0.717) is 0 Å². The van der Waals surface area contributed by atoms with Crippen LogP contribution in [-0.2, 0) is 0 Å². The molecule has 1 heterocycles. The first kappa shape index (κ1) is 42.7. The number of rotatable bonds is 8. The molecule has 0 radical (unpaired) electrons. The van der Waals surface area contributed by atoms with E-state index in [0.717, 1.165) is 22.3 Å². The van der Waals surface area contributed by atoms with E-state index in [1.165, 1.54) is 70.2 Å². The second-order valence-electron chi connectivity index (χ2n) is 14.3. The summed E-state index contributed by atoms with van der Waals surface area (Å²) in [6.45, 7) is 18.2. The molecule has 0 fully saturated rings. The number of hydrogen-bond donors (Lipinski definition) is 1. The van der Waals surface area contributed by atoms with Crippen molar-refractivity contribution in [1.29, 1.82) is 0 Å². The van der Waals surface area contributed by atoms with E-state index in [9.17, 15) is 0 Å². The minimum Gasteiger partial charge on any atom is -0.398 e. The Hall–Kier alpha value is -5.95. The molecular weight excluding hydrogens is 752 g/mol. The predicted molar refractivity (Wildman–Crippen MR) is 266 cm³/mol. The Balaban J connectivity index is 0.000000525. The molecule has 4 heteroatoms. The van der Waals surface area contributed by atoms with Gasteiger partial charge in [0.05, 0.1) is 6.04 Å². The molecule has 59 heavy (non-hydrogen) atoms. The predicted octanol–water partition coefficient (Wildman–Crippen LogP) is 14.6. The van der Waals surface area contributed by atoms with Crippen LogP contribution in [0.1, 0.15) is 58.2 Å². The summed E-state index contributed by atoms with van der Waals surface area (Å²) in [4.78, 5) is 2.26. The fourth-order valence-corrected chi connectivity index (χ4v) is 10.8. The van der Waals surface area contributed by atoms with Crippen molar-refractivity contribution < 1.29 is 0 Å². The average Bonchev–Trinajstić information content (AvgIpc) is 3.65. The van der Waals surface area contributed by atoms with Crippen LogP contribution in [-0.4, -0.2) is 11.9 Å². The molecule has 0 saturated heterocycles. The van der Waals surface area contributed by atoms with Crippen LogP contribution in [0.5, 0.6) is 0 Å². The van der Waals surface area contributed by atoms with E-state index in [1.807, 2.05) is 44.3 Å². The first-order valence-electron chi connectivity index (χ1n) is 20.4. The Bertz CT molecular complexity index is 2690. The number of allylic oxidation sites excluding steroid dienone is 2. The zero-order valence-corrected chi connectivity index (χ0v) is 37.0. The molecule has 2 N–H and O–H groups in total. The number of thiophene rings is 1. The van der Waals surface area contributed by atoms with Crippen LogP contribution in [0.15, 0.2) is 194 Å². The van der Waals surface area contributed by atoms with Crippen molar-refractivity contribution in [2.75, 3.05) is 12.8 Å². The van der Waals surface area contributed by atoms with Gasteiger partial charge in [-0.1, -0.05) is 166 Å². The smallest absolute Gasteiger partial charge is 0.0511 e. The summed E-state index contributed by atoms with van der Waals surface area (Å²) < 4.78 is 2.51. The molecule has 9 rings (SSSR count). The van der Waals surface area contributed by atoms with Crippen LogP contribution in [0.3, 0.4) is 0 Å². The highest BCUT2D eigenvalue weighted by atomic mass is 32.1. The second kappa shape index (κ2) is 20.1. The SMILES string of the molecule is C=C(c1cc2sc3cc(-c4ccc(P(c5ccccc5)c5ccccc5)cc4)ccc3c2c2cccc(N)c12)N(C)C(C)c1ccccc1.C=CC.CC.CC1=C=CC1. The standard InChI is InChI=1S/C45H37N2PS.C5H6.C3H6.C2H6/c1-30(32-14-7-4-8-15-32)47(3)31(2)40-29-43-45(39-20-13-21-41(46)44(39)40)38-27-24-34(28-42(38)49-43)33-22-25-37(26-23-33)48(35-16-9-5-10-17-35)36-18-11-6-12-19-36;1-5-3-2-4-5;1-3-2;1-2/h4-30H,2,46H2,1,3H3;2H,3H2,1H3;3H,1H2,2H3;1-2H3. The molecule has 2 nitrogen and oxygen atoms in total. The molecule has 1 atom stereocenters. The van der Waals surface area contributed by atoms with Gasteiger partial charge in [0.25, 0.3) is 0 Å². The summed E-state index contributed by atoms with van der Waals surface area (Å²) in [5, 5.41) is 8.83. The van der Waals surface area contributed by atoms with E-state index < -0.39 is 7.92 Å². The first-order valence-corrected chi connectivity index (χ1v) is 22.6. The lowest BCUT2D eigenvalue weighted by molar-refractivity contribution is 0.383. The number of nitrogen functional groups attached to an aromatic ring is 1. The van der Waals surface area contributed by atoms with Crippen molar-refractivity contribution in [2.24, 2.45) is 0 Å². The van der Waals surface area contributed by atoms with Crippen molar-refractivity contribution in [2.45, 2.75) is 47.1 Å². The van der Waals surface area contributed by atoms with Gasteiger partial charge in [-0.05, 0) is 96.5 Å². The Morgan fingerprint density at radius 2 is 1.24 bits per heavy atom. The van der Waals surface area contributed by atoms with Gasteiger partial charge in [-0.25, -0.2) is 0 Å². The number of nitrogens with zero attached hydrogens (tertiary/aromatic N) is 1. The molecule has 0 amide bonds. The zero-order valence-electron chi connectivity index (χ0n) is 35.2. The Morgan fingerprint density at radius 3 is 1.78 bits per heavy atom. The number of fused-ring (bicyclic) bond motifs is 5. The fourth-order valence-electron chi connectivity index (χ4n) is 7.27. The maximum absolute atomic E-state index is 6.74. The van der Waals surface area contributed by atoms with Crippen LogP contribution < -0.4 is 21.6 Å².